The summed E-state index contributed by atoms with van der Waals surface area (Å²) in [5, 5.41) is 6.32. The molecule has 0 spiro atoms. The van der Waals surface area contributed by atoms with Crippen LogP contribution in [0.3, 0.4) is 0 Å². The van der Waals surface area contributed by atoms with Crippen LogP contribution in [0.15, 0.2) is 18.2 Å². The van der Waals surface area contributed by atoms with Crippen molar-refractivity contribution >= 4 is 17.5 Å². The summed E-state index contributed by atoms with van der Waals surface area (Å²) in [4.78, 5) is 11.6. The Kier molecular flexibility index (Phi) is 4.55. The van der Waals surface area contributed by atoms with E-state index in [1.165, 1.54) is 25.0 Å². The van der Waals surface area contributed by atoms with Crippen LogP contribution in [-0.2, 0) is 11.2 Å². The van der Waals surface area contributed by atoms with Crippen molar-refractivity contribution in [2.45, 2.75) is 25.3 Å². The van der Waals surface area contributed by atoms with E-state index in [0.717, 1.165) is 6.54 Å². The summed E-state index contributed by atoms with van der Waals surface area (Å²) >= 11 is 5.85. The van der Waals surface area contributed by atoms with Gasteiger partial charge in [-0.2, -0.15) is 0 Å². The lowest BCUT2D eigenvalue weighted by Crippen LogP contribution is -2.33. The molecule has 0 bridgehead atoms. The largest absolute Gasteiger partial charge is 0.355 e. The first-order valence-electron chi connectivity index (χ1n) is 6.10. The van der Waals surface area contributed by atoms with Crippen molar-refractivity contribution < 1.29 is 9.18 Å². The Bertz CT molecular complexity index is 415. The molecule has 1 amide bonds. The summed E-state index contributed by atoms with van der Waals surface area (Å²) in [6, 6.07) is 5.05. The molecule has 3 nitrogen and oxygen atoms in total. The third-order valence-corrected chi connectivity index (χ3v) is 3.21. The summed E-state index contributed by atoms with van der Waals surface area (Å²) in [5.74, 6) is -0.645. The van der Waals surface area contributed by atoms with Gasteiger partial charge in [-0.25, -0.2) is 4.39 Å². The highest BCUT2D eigenvalue weighted by molar-refractivity contribution is 6.31. The zero-order valence-electron chi connectivity index (χ0n) is 10.0. The van der Waals surface area contributed by atoms with Gasteiger partial charge < -0.3 is 10.6 Å². The molecule has 1 aliphatic carbocycles. The molecule has 0 atom stereocenters. The molecule has 1 aliphatic rings. The van der Waals surface area contributed by atoms with Gasteiger partial charge in [0.25, 0.3) is 0 Å². The summed E-state index contributed by atoms with van der Waals surface area (Å²) in [6.07, 6.45) is 2.42. The topological polar surface area (TPSA) is 41.1 Å². The summed E-state index contributed by atoms with van der Waals surface area (Å²) < 4.78 is 13.4. The molecular weight excluding hydrogens is 255 g/mol. The van der Waals surface area contributed by atoms with Crippen LogP contribution in [0.1, 0.15) is 18.4 Å². The summed E-state index contributed by atoms with van der Waals surface area (Å²) in [5.41, 5.74) is 0.256. The van der Waals surface area contributed by atoms with Gasteiger partial charge in [-0.05, 0) is 25.0 Å². The first kappa shape index (κ1) is 13.3. The van der Waals surface area contributed by atoms with Crippen molar-refractivity contribution in [3.8, 4) is 0 Å². The fourth-order valence-corrected chi connectivity index (χ4v) is 1.92. The number of carbonyl (C=O) groups excluding carboxylic acids is 1. The average molecular weight is 271 g/mol. The molecule has 0 heterocycles. The maximum Gasteiger partial charge on any atom is 0.224 e. The fourth-order valence-electron chi connectivity index (χ4n) is 1.69. The van der Waals surface area contributed by atoms with Crippen molar-refractivity contribution in [1.29, 1.82) is 0 Å². The lowest BCUT2D eigenvalue weighted by atomic mass is 10.1. The van der Waals surface area contributed by atoms with Crippen LogP contribution in [0.4, 0.5) is 4.39 Å². The van der Waals surface area contributed by atoms with Gasteiger partial charge >= 0.3 is 0 Å². The molecule has 1 saturated carbocycles. The Hall–Kier alpha value is -1.13. The number of amides is 1. The van der Waals surface area contributed by atoms with Crippen LogP contribution in [0.5, 0.6) is 0 Å². The molecular formula is C13H16ClFN2O. The predicted molar refractivity (Wildman–Crippen MR) is 69.1 cm³/mol. The third kappa shape index (κ3) is 3.96. The van der Waals surface area contributed by atoms with Gasteiger partial charge in [-0.15, -0.1) is 0 Å². The summed E-state index contributed by atoms with van der Waals surface area (Å²) in [7, 11) is 0. The second-order valence-electron chi connectivity index (χ2n) is 4.46. The Balaban J connectivity index is 1.75. The van der Waals surface area contributed by atoms with Gasteiger partial charge in [-0.3, -0.25) is 4.79 Å². The minimum atomic E-state index is -0.436. The quantitative estimate of drug-likeness (QED) is 0.775. The van der Waals surface area contributed by atoms with E-state index in [4.69, 9.17) is 11.6 Å². The van der Waals surface area contributed by atoms with Crippen molar-refractivity contribution in [1.82, 2.24) is 10.6 Å². The normalized spacial score (nSPS) is 14.6. The van der Waals surface area contributed by atoms with E-state index in [1.807, 2.05) is 0 Å². The Morgan fingerprint density at radius 3 is 2.83 bits per heavy atom. The molecule has 1 fully saturated rings. The van der Waals surface area contributed by atoms with Crippen LogP contribution in [0, 0.1) is 5.82 Å². The van der Waals surface area contributed by atoms with Gasteiger partial charge in [0.1, 0.15) is 5.82 Å². The smallest absolute Gasteiger partial charge is 0.224 e. The monoisotopic (exact) mass is 270 g/mol. The first-order chi connectivity index (χ1) is 8.66. The lowest BCUT2D eigenvalue weighted by molar-refractivity contribution is -0.120. The molecule has 2 N–H and O–H groups in total. The van der Waals surface area contributed by atoms with E-state index >= 15 is 0 Å². The SMILES string of the molecule is O=C(Cc1c(F)cccc1Cl)NCCNC1CC1. The number of nitrogens with one attached hydrogen (secondary N) is 2. The number of halogens is 2. The number of hydrogen-bond donors (Lipinski definition) is 2. The Morgan fingerprint density at radius 1 is 1.39 bits per heavy atom. The second kappa shape index (κ2) is 6.16. The molecule has 0 aliphatic heterocycles. The Morgan fingerprint density at radius 2 is 2.17 bits per heavy atom. The van der Waals surface area contributed by atoms with E-state index in [9.17, 15) is 9.18 Å². The zero-order valence-corrected chi connectivity index (χ0v) is 10.8. The third-order valence-electron chi connectivity index (χ3n) is 2.86. The fraction of sp³-hybridized carbons (Fsp3) is 0.462. The number of carbonyl (C=O) groups is 1. The van der Waals surface area contributed by atoms with Crippen LogP contribution in [0.25, 0.3) is 0 Å². The highest BCUT2D eigenvalue weighted by Crippen LogP contribution is 2.19. The van der Waals surface area contributed by atoms with Crippen molar-refractivity contribution in [3.05, 3.63) is 34.6 Å². The van der Waals surface area contributed by atoms with Gasteiger partial charge in [0.15, 0.2) is 0 Å². The molecule has 18 heavy (non-hydrogen) atoms. The van der Waals surface area contributed by atoms with Crippen LogP contribution in [-0.4, -0.2) is 25.0 Å². The number of benzene rings is 1. The first-order valence-corrected chi connectivity index (χ1v) is 6.47. The molecule has 98 valence electrons. The number of rotatable bonds is 6. The van der Waals surface area contributed by atoms with Crippen molar-refractivity contribution in [3.63, 3.8) is 0 Å². The van der Waals surface area contributed by atoms with Gasteiger partial charge in [0.2, 0.25) is 5.91 Å². The maximum atomic E-state index is 13.4. The van der Waals surface area contributed by atoms with Gasteiger partial charge in [-0.1, -0.05) is 17.7 Å². The van der Waals surface area contributed by atoms with Crippen LogP contribution < -0.4 is 10.6 Å². The predicted octanol–water partition coefficient (Wildman–Crippen LogP) is 1.89. The minimum absolute atomic E-state index is 0.0189. The van der Waals surface area contributed by atoms with Crippen LogP contribution >= 0.6 is 11.6 Å². The molecule has 1 aromatic carbocycles. The van der Waals surface area contributed by atoms with Crippen LogP contribution in [0.2, 0.25) is 5.02 Å². The standard InChI is InChI=1S/C13H16ClFN2O/c14-11-2-1-3-12(15)10(11)8-13(18)17-7-6-16-9-4-5-9/h1-3,9,16H,4-8H2,(H,17,18). The van der Waals surface area contributed by atoms with E-state index in [-0.39, 0.29) is 17.9 Å². The molecule has 0 aromatic heterocycles. The zero-order chi connectivity index (χ0) is 13.0. The molecule has 5 heteroatoms. The highest BCUT2D eigenvalue weighted by atomic mass is 35.5. The highest BCUT2D eigenvalue weighted by Gasteiger charge is 2.19. The summed E-state index contributed by atoms with van der Waals surface area (Å²) in [6.45, 7) is 1.31. The minimum Gasteiger partial charge on any atom is -0.355 e. The van der Waals surface area contributed by atoms with E-state index in [1.54, 1.807) is 6.07 Å². The maximum absolute atomic E-state index is 13.4. The van der Waals surface area contributed by atoms with E-state index < -0.39 is 5.82 Å². The lowest BCUT2D eigenvalue weighted by Gasteiger charge is -2.08. The van der Waals surface area contributed by atoms with E-state index in [0.29, 0.717) is 17.6 Å². The van der Waals surface area contributed by atoms with Gasteiger partial charge in [0, 0.05) is 29.7 Å². The molecule has 2 rings (SSSR count). The van der Waals surface area contributed by atoms with E-state index in [2.05, 4.69) is 10.6 Å². The second-order valence-corrected chi connectivity index (χ2v) is 4.86. The molecule has 0 saturated heterocycles. The van der Waals surface area contributed by atoms with Crippen molar-refractivity contribution in [2.75, 3.05) is 13.1 Å². The molecule has 0 unspecified atom stereocenters. The van der Waals surface area contributed by atoms with Crippen molar-refractivity contribution in [2.24, 2.45) is 0 Å². The molecule has 0 radical (unpaired) electrons. The average Bonchev–Trinajstić information content (AvgIpc) is 3.14. The Labute approximate surface area is 111 Å². The molecule has 1 aromatic rings. The van der Waals surface area contributed by atoms with Gasteiger partial charge in [0.05, 0.1) is 6.42 Å². The number of hydrogen-bond acceptors (Lipinski definition) is 2.